The van der Waals surface area contributed by atoms with Gasteiger partial charge in [-0.2, -0.15) is 5.10 Å². The molecule has 3 aromatic heterocycles. The van der Waals surface area contributed by atoms with Gasteiger partial charge in [0.2, 0.25) is 0 Å². The van der Waals surface area contributed by atoms with Crippen LogP contribution >= 0.6 is 0 Å². The predicted molar refractivity (Wildman–Crippen MR) is 92.8 cm³/mol. The number of pyridine rings is 1. The second-order valence-electron chi connectivity index (χ2n) is 5.52. The highest BCUT2D eigenvalue weighted by Gasteiger charge is 2.12. The summed E-state index contributed by atoms with van der Waals surface area (Å²) in [5, 5.41) is 7.15. The monoisotopic (exact) mass is 347 g/mol. The largest absolute Gasteiger partial charge is 0.451 e. The van der Waals surface area contributed by atoms with E-state index in [0.717, 1.165) is 5.56 Å². The zero-order valence-corrected chi connectivity index (χ0v) is 13.5. The SMILES string of the molecule is O=C(NCc1ccc(-n2cncn2)nc1)c1cc(=O)c2ccccc2o1. The lowest BCUT2D eigenvalue weighted by Crippen LogP contribution is -2.24. The first kappa shape index (κ1) is 15.7. The van der Waals surface area contributed by atoms with Crippen molar-refractivity contribution in [1.82, 2.24) is 25.1 Å². The molecule has 1 amide bonds. The van der Waals surface area contributed by atoms with Gasteiger partial charge in [-0.15, -0.1) is 0 Å². The minimum atomic E-state index is -0.465. The highest BCUT2D eigenvalue weighted by atomic mass is 16.3. The van der Waals surface area contributed by atoms with E-state index >= 15 is 0 Å². The molecule has 0 unspecified atom stereocenters. The van der Waals surface area contributed by atoms with Crippen LogP contribution in [-0.2, 0) is 6.54 Å². The molecule has 0 radical (unpaired) electrons. The van der Waals surface area contributed by atoms with Crippen molar-refractivity contribution in [1.29, 1.82) is 0 Å². The highest BCUT2D eigenvalue weighted by Crippen LogP contribution is 2.12. The molecular formula is C18H13N5O3. The Morgan fingerprint density at radius 1 is 1.19 bits per heavy atom. The fourth-order valence-corrected chi connectivity index (χ4v) is 2.47. The van der Waals surface area contributed by atoms with Gasteiger partial charge < -0.3 is 9.73 Å². The van der Waals surface area contributed by atoms with Gasteiger partial charge in [0.1, 0.15) is 18.2 Å². The number of amides is 1. The van der Waals surface area contributed by atoms with Gasteiger partial charge in [0.05, 0.1) is 5.39 Å². The summed E-state index contributed by atoms with van der Waals surface area (Å²) in [7, 11) is 0. The van der Waals surface area contributed by atoms with E-state index in [1.54, 1.807) is 42.9 Å². The molecular weight excluding hydrogens is 334 g/mol. The number of hydrogen-bond donors (Lipinski definition) is 1. The van der Waals surface area contributed by atoms with Crippen LogP contribution in [0.25, 0.3) is 16.8 Å². The van der Waals surface area contributed by atoms with Crippen LogP contribution in [0.4, 0.5) is 0 Å². The Hall–Kier alpha value is -3.81. The predicted octanol–water partition coefficient (Wildman–Crippen LogP) is 1.70. The molecule has 4 aromatic rings. The number of fused-ring (bicyclic) bond motifs is 1. The van der Waals surface area contributed by atoms with Gasteiger partial charge in [-0.25, -0.2) is 14.6 Å². The zero-order valence-electron chi connectivity index (χ0n) is 13.5. The average Bonchev–Trinajstić information content (AvgIpc) is 3.21. The minimum absolute atomic E-state index is 0.0269. The number of carbonyl (C=O) groups excluding carboxylic acids is 1. The molecule has 0 aliphatic carbocycles. The summed E-state index contributed by atoms with van der Waals surface area (Å²) in [5.74, 6) is 0.132. The second kappa shape index (κ2) is 6.60. The molecule has 1 aromatic carbocycles. The summed E-state index contributed by atoms with van der Waals surface area (Å²) in [6.07, 6.45) is 4.60. The van der Waals surface area contributed by atoms with Crippen molar-refractivity contribution in [2.75, 3.05) is 0 Å². The second-order valence-corrected chi connectivity index (χ2v) is 5.52. The van der Waals surface area contributed by atoms with Crippen LogP contribution in [-0.4, -0.2) is 25.7 Å². The topological polar surface area (TPSA) is 103 Å². The molecule has 8 nitrogen and oxygen atoms in total. The first-order chi connectivity index (χ1) is 12.7. The molecule has 0 bridgehead atoms. The molecule has 0 fully saturated rings. The number of carbonyl (C=O) groups is 1. The Labute approximate surface area is 147 Å². The van der Waals surface area contributed by atoms with Gasteiger partial charge in [-0.3, -0.25) is 9.59 Å². The molecule has 26 heavy (non-hydrogen) atoms. The lowest BCUT2D eigenvalue weighted by molar-refractivity contribution is 0.0923. The van der Waals surface area contributed by atoms with Gasteiger partial charge in [0, 0.05) is 18.8 Å². The molecule has 0 saturated heterocycles. The van der Waals surface area contributed by atoms with Crippen LogP contribution in [0.15, 0.2) is 70.5 Å². The fraction of sp³-hybridized carbons (Fsp3) is 0.0556. The first-order valence-corrected chi connectivity index (χ1v) is 7.82. The maximum absolute atomic E-state index is 12.3. The zero-order chi connectivity index (χ0) is 17.9. The van der Waals surface area contributed by atoms with Gasteiger partial charge in [-0.1, -0.05) is 18.2 Å². The van der Waals surface area contributed by atoms with Gasteiger partial charge in [0.25, 0.3) is 5.91 Å². The number of benzene rings is 1. The quantitative estimate of drug-likeness (QED) is 0.603. The highest BCUT2D eigenvalue weighted by molar-refractivity contribution is 5.93. The van der Waals surface area contributed by atoms with Crippen LogP contribution < -0.4 is 10.7 Å². The molecule has 0 aliphatic rings. The van der Waals surface area contributed by atoms with Crippen LogP contribution in [0.2, 0.25) is 0 Å². The van der Waals surface area contributed by atoms with E-state index in [-0.39, 0.29) is 17.7 Å². The average molecular weight is 347 g/mol. The Bertz CT molecular complexity index is 1120. The minimum Gasteiger partial charge on any atom is -0.451 e. The van der Waals surface area contributed by atoms with Crippen molar-refractivity contribution in [2.45, 2.75) is 6.54 Å². The lowest BCUT2D eigenvalue weighted by Gasteiger charge is -2.06. The molecule has 0 saturated carbocycles. The molecule has 0 spiro atoms. The Balaban J connectivity index is 1.48. The van der Waals surface area contributed by atoms with E-state index in [4.69, 9.17) is 4.42 Å². The Morgan fingerprint density at radius 2 is 2.08 bits per heavy atom. The van der Waals surface area contributed by atoms with Crippen molar-refractivity contribution in [3.63, 3.8) is 0 Å². The summed E-state index contributed by atoms with van der Waals surface area (Å²) in [5.41, 5.74) is 0.921. The molecule has 1 N–H and O–H groups in total. The van der Waals surface area contributed by atoms with Crippen LogP contribution in [0.5, 0.6) is 0 Å². The summed E-state index contributed by atoms with van der Waals surface area (Å²) in [6, 6.07) is 11.6. The van der Waals surface area contributed by atoms with Crippen molar-refractivity contribution < 1.29 is 9.21 Å². The molecule has 0 atom stereocenters. The van der Waals surface area contributed by atoms with Crippen LogP contribution in [0.1, 0.15) is 16.1 Å². The third kappa shape index (κ3) is 3.07. The molecule has 128 valence electrons. The fourth-order valence-electron chi connectivity index (χ4n) is 2.47. The molecule has 4 rings (SSSR count). The third-order valence-corrected chi connectivity index (χ3v) is 3.77. The van der Waals surface area contributed by atoms with Crippen LogP contribution in [0, 0.1) is 0 Å². The molecule has 0 aliphatic heterocycles. The summed E-state index contributed by atoms with van der Waals surface area (Å²) in [4.78, 5) is 32.5. The smallest absolute Gasteiger partial charge is 0.287 e. The third-order valence-electron chi connectivity index (χ3n) is 3.77. The number of nitrogens with zero attached hydrogens (tertiary/aromatic N) is 4. The summed E-state index contributed by atoms with van der Waals surface area (Å²) in [6.45, 7) is 0.250. The lowest BCUT2D eigenvalue weighted by atomic mass is 10.2. The van der Waals surface area contributed by atoms with E-state index in [2.05, 4.69) is 20.4 Å². The number of hydrogen-bond acceptors (Lipinski definition) is 6. The van der Waals surface area contributed by atoms with Crippen LogP contribution in [0.3, 0.4) is 0 Å². The number of nitrogens with one attached hydrogen (secondary N) is 1. The van der Waals surface area contributed by atoms with Crippen molar-refractivity contribution in [3.8, 4) is 5.82 Å². The van der Waals surface area contributed by atoms with Crippen molar-refractivity contribution in [3.05, 3.63) is 82.9 Å². The van der Waals surface area contributed by atoms with E-state index in [1.807, 2.05) is 6.07 Å². The summed E-state index contributed by atoms with van der Waals surface area (Å²) < 4.78 is 7.05. The maximum atomic E-state index is 12.3. The van der Waals surface area contributed by atoms with Gasteiger partial charge in [0.15, 0.2) is 17.0 Å². The van der Waals surface area contributed by atoms with Gasteiger partial charge >= 0.3 is 0 Å². The normalized spacial score (nSPS) is 10.8. The van der Waals surface area contributed by atoms with E-state index in [9.17, 15) is 9.59 Å². The maximum Gasteiger partial charge on any atom is 0.287 e. The van der Waals surface area contributed by atoms with Crippen molar-refractivity contribution in [2.24, 2.45) is 0 Å². The van der Waals surface area contributed by atoms with Gasteiger partial charge in [-0.05, 0) is 23.8 Å². The van der Waals surface area contributed by atoms with E-state index in [1.165, 1.54) is 17.1 Å². The van der Waals surface area contributed by atoms with E-state index < -0.39 is 5.91 Å². The molecule has 3 heterocycles. The van der Waals surface area contributed by atoms with E-state index in [0.29, 0.717) is 16.8 Å². The number of aromatic nitrogens is 4. The Morgan fingerprint density at radius 3 is 2.85 bits per heavy atom. The first-order valence-electron chi connectivity index (χ1n) is 7.82. The number of para-hydroxylation sites is 1. The summed E-state index contributed by atoms with van der Waals surface area (Å²) >= 11 is 0. The van der Waals surface area contributed by atoms with Crippen molar-refractivity contribution >= 4 is 16.9 Å². The Kier molecular flexibility index (Phi) is 3.98. The number of rotatable bonds is 4. The standard InChI is InChI=1S/C18H13N5O3/c24-14-7-16(26-15-4-2-1-3-13(14)15)18(25)21-9-12-5-6-17(20-8-12)23-11-19-10-22-23/h1-8,10-11H,9H2,(H,21,25). The molecule has 8 heteroatoms.